The minimum Gasteiger partial charge on any atom is -0.399 e. The van der Waals surface area contributed by atoms with Gasteiger partial charge >= 0.3 is 0 Å². The number of fused-ring (bicyclic) bond motifs is 1. The lowest BCUT2D eigenvalue weighted by molar-refractivity contribution is 0.1000. The number of nitrogen functional groups attached to an aromatic ring is 1. The molecule has 4 N–H and O–H groups in total. The van der Waals surface area contributed by atoms with Crippen LogP contribution in [0.5, 0.6) is 0 Å². The number of amides is 1. The molecule has 0 saturated carbocycles. The minimum atomic E-state index is -0.385. The second-order valence-electron chi connectivity index (χ2n) is 5.57. The van der Waals surface area contributed by atoms with E-state index in [4.69, 9.17) is 11.5 Å². The third kappa shape index (κ3) is 2.57. The van der Waals surface area contributed by atoms with Gasteiger partial charge in [-0.2, -0.15) is 0 Å². The van der Waals surface area contributed by atoms with Crippen molar-refractivity contribution < 1.29 is 4.79 Å². The summed E-state index contributed by atoms with van der Waals surface area (Å²) in [6.07, 6.45) is 1.05. The fourth-order valence-corrected chi connectivity index (χ4v) is 2.86. The Bertz CT molecular complexity index is 709. The lowest BCUT2D eigenvalue weighted by Crippen LogP contribution is -2.20. The first-order chi connectivity index (χ1) is 10.0. The Hall–Kier alpha value is -2.49. The minimum absolute atomic E-state index is 0.385. The van der Waals surface area contributed by atoms with E-state index in [2.05, 4.69) is 11.0 Å². The summed E-state index contributed by atoms with van der Waals surface area (Å²) in [5.41, 5.74) is 17.4. The topological polar surface area (TPSA) is 72.4 Å². The number of carbonyl (C=O) groups excluding carboxylic acids is 1. The zero-order valence-electron chi connectivity index (χ0n) is 12.1. The second-order valence-corrected chi connectivity index (χ2v) is 5.57. The highest BCUT2D eigenvalue weighted by molar-refractivity contribution is 5.93. The first-order valence-electron chi connectivity index (χ1n) is 7.07. The summed E-state index contributed by atoms with van der Waals surface area (Å²) >= 11 is 0. The van der Waals surface area contributed by atoms with Crippen LogP contribution in [0.25, 0.3) is 0 Å². The average Bonchev–Trinajstić information content (AvgIpc) is 2.83. The van der Waals surface area contributed by atoms with Gasteiger partial charge < -0.3 is 16.4 Å². The molecule has 0 atom stereocenters. The number of benzene rings is 2. The van der Waals surface area contributed by atoms with Crippen molar-refractivity contribution in [2.24, 2.45) is 5.73 Å². The number of anilines is 2. The maximum Gasteiger partial charge on any atom is 0.248 e. The third-order valence-corrected chi connectivity index (χ3v) is 4.09. The molecule has 4 nitrogen and oxygen atoms in total. The molecule has 3 rings (SSSR count). The molecule has 1 aliphatic rings. The van der Waals surface area contributed by atoms with Crippen LogP contribution in [0.3, 0.4) is 0 Å². The Balaban J connectivity index is 1.86. The molecule has 108 valence electrons. The predicted octanol–water partition coefficient (Wildman–Crippen LogP) is 2.24. The van der Waals surface area contributed by atoms with Crippen molar-refractivity contribution in [1.82, 2.24) is 0 Å². The Morgan fingerprint density at radius 2 is 2.05 bits per heavy atom. The third-order valence-electron chi connectivity index (χ3n) is 4.09. The van der Waals surface area contributed by atoms with Crippen LogP contribution < -0.4 is 16.4 Å². The number of nitrogens with zero attached hydrogens (tertiary/aromatic N) is 1. The Morgan fingerprint density at radius 1 is 1.24 bits per heavy atom. The number of primary amides is 1. The van der Waals surface area contributed by atoms with E-state index in [-0.39, 0.29) is 5.91 Å². The predicted molar refractivity (Wildman–Crippen MR) is 85.3 cm³/mol. The molecule has 21 heavy (non-hydrogen) atoms. The van der Waals surface area contributed by atoms with Gasteiger partial charge in [-0.1, -0.05) is 12.1 Å². The van der Waals surface area contributed by atoms with Crippen molar-refractivity contribution >= 4 is 17.3 Å². The summed E-state index contributed by atoms with van der Waals surface area (Å²) in [6.45, 7) is 3.83. The molecule has 0 aliphatic carbocycles. The highest BCUT2D eigenvalue weighted by atomic mass is 16.1. The van der Waals surface area contributed by atoms with Crippen LogP contribution in [-0.4, -0.2) is 12.5 Å². The van der Waals surface area contributed by atoms with E-state index in [9.17, 15) is 4.79 Å². The molecule has 0 aromatic heterocycles. The van der Waals surface area contributed by atoms with Crippen molar-refractivity contribution in [3.63, 3.8) is 0 Å². The molecule has 1 amide bonds. The van der Waals surface area contributed by atoms with Gasteiger partial charge in [-0.05, 0) is 54.3 Å². The van der Waals surface area contributed by atoms with Gasteiger partial charge in [-0.25, -0.2) is 0 Å². The Labute approximate surface area is 124 Å². The van der Waals surface area contributed by atoms with Crippen molar-refractivity contribution in [2.45, 2.75) is 19.9 Å². The van der Waals surface area contributed by atoms with Gasteiger partial charge in [0, 0.05) is 30.0 Å². The summed E-state index contributed by atoms with van der Waals surface area (Å²) in [5.74, 6) is -0.385. The van der Waals surface area contributed by atoms with E-state index in [0.29, 0.717) is 5.56 Å². The second kappa shape index (κ2) is 5.13. The lowest BCUT2D eigenvalue weighted by atomic mass is 10.0. The first-order valence-corrected chi connectivity index (χ1v) is 7.07. The summed E-state index contributed by atoms with van der Waals surface area (Å²) in [5, 5.41) is 0. The van der Waals surface area contributed by atoms with Crippen LogP contribution in [0.4, 0.5) is 11.4 Å². The van der Waals surface area contributed by atoms with Gasteiger partial charge in [0.25, 0.3) is 0 Å². The highest BCUT2D eigenvalue weighted by Gasteiger charge is 2.19. The molecular weight excluding hydrogens is 262 g/mol. The molecule has 0 bridgehead atoms. The fraction of sp³-hybridized carbons (Fsp3) is 0.235. The largest absolute Gasteiger partial charge is 0.399 e. The van der Waals surface area contributed by atoms with Gasteiger partial charge in [0.1, 0.15) is 0 Å². The molecular formula is C17H19N3O. The van der Waals surface area contributed by atoms with E-state index < -0.39 is 0 Å². The normalized spacial score (nSPS) is 13.3. The molecule has 0 fully saturated rings. The highest BCUT2D eigenvalue weighted by Crippen LogP contribution is 2.31. The summed E-state index contributed by atoms with van der Waals surface area (Å²) in [7, 11) is 0. The van der Waals surface area contributed by atoms with Gasteiger partial charge in [0.15, 0.2) is 0 Å². The molecule has 0 spiro atoms. The molecule has 4 heteroatoms. The zero-order chi connectivity index (χ0) is 15.0. The Morgan fingerprint density at radius 3 is 2.76 bits per heavy atom. The van der Waals surface area contributed by atoms with E-state index >= 15 is 0 Å². The average molecular weight is 281 g/mol. The molecule has 2 aromatic rings. The van der Waals surface area contributed by atoms with Crippen LogP contribution in [0, 0.1) is 6.92 Å². The number of hydrogen-bond donors (Lipinski definition) is 2. The van der Waals surface area contributed by atoms with Gasteiger partial charge in [-0.3, -0.25) is 4.79 Å². The Kier molecular flexibility index (Phi) is 3.29. The standard InChI is InChI=1S/C17H19N3O/c1-11-8-13(17(19)21)2-3-14(11)10-20-7-6-12-4-5-15(18)9-16(12)20/h2-5,8-9H,6-7,10,18H2,1H3,(H2,19,21). The van der Waals surface area contributed by atoms with Crippen molar-refractivity contribution in [3.8, 4) is 0 Å². The van der Waals surface area contributed by atoms with Gasteiger partial charge in [0.2, 0.25) is 5.91 Å². The number of rotatable bonds is 3. The lowest BCUT2D eigenvalue weighted by Gasteiger charge is -2.21. The van der Waals surface area contributed by atoms with Crippen LogP contribution in [0.1, 0.15) is 27.0 Å². The molecule has 0 unspecified atom stereocenters. The molecule has 1 heterocycles. The van der Waals surface area contributed by atoms with Crippen molar-refractivity contribution in [2.75, 3.05) is 17.2 Å². The smallest absolute Gasteiger partial charge is 0.248 e. The molecule has 1 aliphatic heterocycles. The fourth-order valence-electron chi connectivity index (χ4n) is 2.86. The van der Waals surface area contributed by atoms with Crippen molar-refractivity contribution in [3.05, 3.63) is 58.7 Å². The first kappa shape index (κ1) is 13.5. The van der Waals surface area contributed by atoms with E-state index in [1.165, 1.54) is 16.8 Å². The summed E-state index contributed by atoms with van der Waals surface area (Å²) < 4.78 is 0. The maximum absolute atomic E-state index is 11.2. The summed E-state index contributed by atoms with van der Waals surface area (Å²) in [4.78, 5) is 13.5. The zero-order valence-corrected chi connectivity index (χ0v) is 12.1. The van der Waals surface area contributed by atoms with E-state index in [0.717, 1.165) is 30.8 Å². The number of aryl methyl sites for hydroxylation is 1. The molecule has 2 aromatic carbocycles. The van der Waals surface area contributed by atoms with Crippen LogP contribution in [-0.2, 0) is 13.0 Å². The van der Waals surface area contributed by atoms with E-state index in [1.807, 2.05) is 31.2 Å². The number of carbonyl (C=O) groups is 1. The van der Waals surface area contributed by atoms with Crippen LogP contribution >= 0.6 is 0 Å². The monoisotopic (exact) mass is 281 g/mol. The maximum atomic E-state index is 11.2. The number of nitrogens with two attached hydrogens (primary N) is 2. The molecule has 0 saturated heterocycles. The van der Waals surface area contributed by atoms with Gasteiger partial charge in [0.05, 0.1) is 0 Å². The van der Waals surface area contributed by atoms with Crippen LogP contribution in [0.15, 0.2) is 36.4 Å². The summed E-state index contributed by atoms with van der Waals surface area (Å²) in [6, 6.07) is 11.7. The SMILES string of the molecule is Cc1cc(C(N)=O)ccc1CN1CCc2ccc(N)cc21. The van der Waals surface area contributed by atoms with Crippen LogP contribution in [0.2, 0.25) is 0 Å². The van der Waals surface area contributed by atoms with Crippen molar-refractivity contribution in [1.29, 1.82) is 0 Å². The number of hydrogen-bond acceptors (Lipinski definition) is 3. The molecule has 0 radical (unpaired) electrons. The van der Waals surface area contributed by atoms with Gasteiger partial charge in [-0.15, -0.1) is 0 Å². The van der Waals surface area contributed by atoms with E-state index in [1.54, 1.807) is 6.07 Å². The quantitative estimate of drug-likeness (QED) is 0.847.